The van der Waals surface area contributed by atoms with Gasteiger partial charge in [-0.3, -0.25) is 4.79 Å². The molecule has 6 nitrogen and oxygen atoms in total. The number of halogens is 1. The Morgan fingerprint density at radius 1 is 1.45 bits per heavy atom. The highest BCUT2D eigenvalue weighted by molar-refractivity contribution is 9.10. The molecular weight excluding hydrogens is 330 g/mol. The van der Waals surface area contributed by atoms with Crippen molar-refractivity contribution in [1.82, 2.24) is 5.32 Å². The lowest BCUT2D eigenvalue weighted by molar-refractivity contribution is -0.119. The van der Waals surface area contributed by atoms with Gasteiger partial charge in [-0.25, -0.2) is 0 Å². The summed E-state index contributed by atoms with van der Waals surface area (Å²) in [6.45, 7) is 1.40. The summed E-state index contributed by atoms with van der Waals surface area (Å²) in [5.41, 5.74) is 0.840. The van der Waals surface area contributed by atoms with Crippen molar-refractivity contribution in [2.45, 2.75) is 19.6 Å². The highest BCUT2D eigenvalue weighted by atomic mass is 79.9. The van der Waals surface area contributed by atoms with Gasteiger partial charge in [0.2, 0.25) is 5.91 Å². The van der Waals surface area contributed by atoms with E-state index >= 15 is 0 Å². The monoisotopic (exact) mass is 347 g/mol. The molecule has 0 radical (unpaired) electrons. The molecule has 112 valence electrons. The van der Waals surface area contributed by atoms with Crippen LogP contribution in [0.5, 0.6) is 11.5 Å². The lowest BCUT2D eigenvalue weighted by Crippen LogP contribution is -2.21. The Kier molecular flexibility index (Phi) is 6.77. The van der Waals surface area contributed by atoms with Crippen LogP contribution in [0.2, 0.25) is 0 Å². The maximum absolute atomic E-state index is 10.9. The first-order valence-electron chi connectivity index (χ1n) is 6.00. The molecule has 0 bridgehead atoms. The molecule has 1 rings (SSSR count). The Morgan fingerprint density at radius 2 is 2.15 bits per heavy atom. The van der Waals surface area contributed by atoms with E-state index in [2.05, 4.69) is 21.2 Å². The Hall–Kier alpha value is -1.31. The molecule has 0 aliphatic carbocycles. The minimum Gasteiger partial charge on any atom is -0.493 e. The van der Waals surface area contributed by atoms with Gasteiger partial charge in [0.25, 0.3) is 0 Å². The van der Waals surface area contributed by atoms with Gasteiger partial charge in [-0.05, 0) is 17.7 Å². The number of aliphatic hydroxyl groups excluding tert-OH is 2. The summed E-state index contributed by atoms with van der Waals surface area (Å²) in [5, 5.41) is 20.7. The fourth-order valence-corrected chi connectivity index (χ4v) is 1.91. The van der Waals surface area contributed by atoms with Crippen LogP contribution in [-0.2, 0) is 11.3 Å². The summed E-state index contributed by atoms with van der Waals surface area (Å²) < 4.78 is 11.4. The smallest absolute Gasteiger partial charge is 0.217 e. The molecule has 0 spiro atoms. The molecule has 0 aliphatic heterocycles. The van der Waals surface area contributed by atoms with E-state index in [1.165, 1.54) is 14.0 Å². The third-order valence-electron chi connectivity index (χ3n) is 2.50. The molecule has 1 amide bonds. The predicted octanol–water partition coefficient (Wildman–Crippen LogP) is 0.826. The van der Waals surface area contributed by atoms with Crippen LogP contribution < -0.4 is 14.8 Å². The molecular formula is C13H18BrNO5. The number of benzene rings is 1. The normalized spacial score (nSPS) is 11.8. The molecule has 7 heteroatoms. The van der Waals surface area contributed by atoms with Crippen LogP contribution in [0, 0.1) is 0 Å². The zero-order valence-corrected chi connectivity index (χ0v) is 12.9. The maximum Gasteiger partial charge on any atom is 0.217 e. The van der Waals surface area contributed by atoms with E-state index in [1.54, 1.807) is 12.1 Å². The van der Waals surface area contributed by atoms with Crippen LogP contribution in [-0.4, -0.2) is 42.5 Å². The third-order valence-corrected chi connectivity index (χ3v) is 3.24. The van der Waals surface area contributed by atoms with E-state index in [4.69, 9.17) is 14.6 Å². The Labute approximate surface area is 125 Å². The summed E-state index contributed by atoms with van der Waals surface area (Å²) in [6.07, 6.45) is -0.947. The van der Waals surface area contributed by atoms with Gasteiger partial charge in [-0.1, -0.05) is 15.9 Å². The lowest BCUT2D eigenvalue weighted by Gasteiger charge is -2.15. The van der Waals surface area contributed by atoms with E-state index in [-0.39, 0.29) is 19.1 Å². The number of hydrogen-bond donors (Lipinski definition) is 3. The van der Waals surface area contributed by atoms with E-state index in [9.17, 15) is 9.90 Å². The summed E-state index contributed by atoms with van der Waals surface area (Å²) >= 11 is 3.39. The zero-order valence-electron chi connectivity index (χ0n) is 11.4. The number of ether oxygens (including phenoxy) is 2. The molecule has 1 unspecified atom stereocenters. The average Bonchev–Trinajstić information content (AvgIpc) is 2.43. The lowest BCUT2D eigenvalue weighted by atomic mass is 10.2. The van der Waals surface area contributed by atoms with Crippen LogP contribution in [0.1, 0.15) is 12.5 Å². The molecule has 0 aliphatic rings. The van der Waals surface area contributed by atoms with E-state index in [1.807, 2.05) is 0 Å². The van der Waals surface area contributed by atoms with Crippen LogP contribution in [0.15, 0.2) is 16.6 Å². The number of methoxy groups -OCH3 is 1. The van der Waals surface area contributed by atoms with Crippen molar-refractivity contribution in [2.75, 3.05) is 20.3 Å². The van der Waals surface area contributed by atoms with Gasteiger partial charge in [-0.15, -0.1) is 0 Å². The fraction of sp³-hybridized carbons (Fsp3) is 0.462. The maximum atomic E-state index is 10.9. The molecule has 0 saturated carbocycles. The highest BCUT2D eigenvalue weighted by Crippen LogP contribution is 2.33. The summed E-state index contributed by atoms with van der Waals surface area (Å²) in [6, 6.07) is 3.43. The van der Waals surface area contributed by atoms with Crippen molar-refractivity contribution in [2.24, 2.45) is 0 Å². The molecule has 20 heavy (non-hydrogen) atoms. The predicted molar refractivity (Wildman–Crippen MR) is 76.8 cm³/mol. The van der Waals surface area contributed by atoms with Gasteiger partial charge in [0.05, 0.1) is 13.7 Å². The van der Waals surface area contributed by atoms with Crippen LogP contribution in [0.25, 0.3) is 0 Å². The van der Waals surface area contributed by atoms with Crippen molar-refractivity contribution in [1.29, 1.82) is 0 Å². The number of carbonyl (C=O) groups excluding carboxylic acids is 1. The van der Waals surface area contributed by atoms with Gasteiger partial charge < -0.3 is 25.0 Å². The fourth-order valence-electron chi connectivity index (χ4n) is 1.44. The number of carbonyl (C=O) groups is 1. The molecule has 0 fully saturated rings. The summed E-state index contributed by atoms with van der Waals surface area (Å²) in [7, 11) is 1.50. The highest BCUT2D eigenvalue weighted by Gasteiger charge is 2.12. The van der Waals surface area contributed by atoms with Crippen molar-refractivity contribution < 1.29 is 24.5 Å². The van der Waals surface area contributed by atoms with Crippen LogP contribution >= 0.6 is 15.9 Å². The SMILES string of the molecule is COc1cc(CNC(C)=O)c(Br)cc1OCC(O)CO. The van der Waals surface area contributed by atoms with Crippen molar-refractivity contribution in [3.05, 3.63) is 22.2 Å². The molecule has 0 saturated heterocycles. The minimum atomic E-state index is -0.947. The number of hydrogen-bond acceptors (Lipinski definition) is 5. The van der Waals surface area contributed by atoms with Crippen LogP contribution in [0.3, 0.4) is 0 Å². The molecule has 1 atom stereocenters. The topological polar surface area (TPSA) is 88.0 Å². The second-order valence-corrected chi connectivity index (χ2v) is 5.01. The standard InChI is InChI=1S/C13H18BrNO5/c1-8(17)15-5-9-3-12(19-2)13(4-11(9)14)20-7-10(18)6-16/h3-4,10,16,18H,5-7H2,1-2H3,(H,15,17). The Bertz CT molecular complexity index is 466. The van der Waals surface area contributed by atoms with Crippen molar-refractivity contribution >= 4 is 21.8 Å². The van der Waals surface area contributed by atoms with Crippen LogP contribution in [0.4, 0.5) is 0 Å². The van der Waals surface area contributed by atoms with Gasteiger partial charge >= 0.3 is 0 Å². The Balaban J connectivity index is 2.86. The molecule has 1 aromatic rings. The van der Waals surface area contributed by atoms with Gasteiger partial charge in [0.15, 0.2) is 11.5 Å². The molecule has 0 heterocycles. The van der Waals surface area contributed by atoms with Gasteiger partial charge in [0, 0.05) is 17.9 Å². The summed E-state index contributed by atoms with van der Waals surface area (Å²) in [5.74, 6) is 0.805. The first kappa shape index (κ1) is 16.7. The van der Waals surface area contributed by atoms with E-state index in [0.29, 0.717) is 18.0 Å². The van der Waals surface area contributed by atoms with Crippen molar-refractivity contribution in [3.8, 4) is 11.5 Å². The largest absolute Gasteiger partial charge is 0.493 e. The number of amides is 1. The zero-order chi connectivity index (χ0) is 15.1. The van der Waals surface area contributed by atoms with Crippen molar-refractivity contribution in [3.63, 3.8) is 0 Å². The van der Waals surface area contributed by atoms with E-state index < -0.39 is 6.10 Å². The molecule has 1 aromatic carbocycles. The second kappa shape index (κ2) is 8.08. The Morgan fingerprint density at radius 3 is 2.70 bits per heavy atom. The summed E-state index contributed by atoms with van der Waals surface area (Å²) in [4.78, 5) is 10.9. The first-order chi connectivity index (χ1) is 9.47. The molecule has 3 N–H and O–H groups in total. The van der Waals surface area contributed by atoms with E-state index in [0.717, 1.165) is 10.0 Å². The number of nitrogens with one attached hydrogen (secondary N) is 1. The van der Waals surface area contributed by atoms with Gasteiger partial charge in [0.1, 0.15) is 12.7 Å². The quantitative estimate of drug-likeness (QED) is 0.679. The number of rotatable bonds is 7. The average molecular weight is 348 g/mol. The van der Waals surface area contributed by atoms with Gasteiger partial charge in [-0.2, -0.15) is 0 Å². The minimum absolute atomic E-state index is 0.0374. The second-order valence-electron chi connectivity index (χ2n) is 4.15. The number of aliphatic hydroxyl groups is 2. The molecule has 0 aromatic heterocycles. The first-order valence-corrected chi connectivity index (χ1v) is 6.79. The third kappa shape index (κ3) is 4.99.